The third-order valence-corrected chi connectivity index (χ3v) is 3.01. The first-order valence-electron chi connectivity index (χ1n) is 6.78. The Hall–Kier alpha value is -1.76. The fourth-order valence-corrected chi connectivity index (χ4v) is 2.27. The van der Waals surface area contributed by atoms with E-state index in [2.05, 4.69) is 4.98 Å². The quantitative estimate of drug-likeness (QED) is 0.853. The number of carbonyl (C=O) groups is 1. The predicted octanol–water partition coefficient (Wildman–Crippen LogP) is 1.97. The number of pyridine rings is 1. The van der Waals surface area contributed by atoms with Gasteiger partial charge < -0.3 is 14.4 Å². The zero-order valence-electron chi connectivity index (χ0n) is 12.0. The SMILES string of the molecule is C[C@@H]1CN(C(=O)c2cccc(OCC(F)F)n2)C[C@H](C)O1. The molecule has 1 saturated heterocycles. The molecule has 1 fully saturated rings. The van der Waals surface area contributed by atoms with Crippen LogP contribution >= 0.6 is 0 Å². The van der Waals surface area contributed by atoms with Crippen LogP contribution in [0.25, 0.3) is 0 Å². The van der Waals surface area contributed by atoms with Crippen LogP contribution in [0.15, 0.2) is 18.2 Å². The van der Waals surface area contributed by atoms with E-state index < -0.39 is 13.0 Å². The van der Waals surface area contributed by atoms with Gasteiger partial charge >= 0.3 is 0 Å². The third kappa shape index (κ3) is 4.35. The average molecular weight is 300 g/mol. The first-order valence-corrected chi connectivity index (χ1v) is 6.78. The normalized spacial score (nSPS) is 22.4. The molecule has 1 aromatic rings. The Bertz CT molecular complexity index is 489. The molecule has 0 aromatic carbocycles. The summed E-state index contributed by atoms with van der Waals surface area (Å²) in [5, 5.41) is 0. The first kappa shape index (κ1) is 15.6. The van der Waals surface area contributed by atoms with Crippen molar-refractivity contribution >= 4 is 5.91 Å². The number of ether oxygens (including phenoxy) is 2. The van der Waals surface area contributed by atoms with E-state index in [4.69, 9.17) is 9.47 Å². The van der Waals surface area contributed by atoms with Gasteiger partial charge in [0.05, 0.1) is 12.2 Å². The summed E-state index contributed by atoms with van der Waals surface area (Å²) >= 11 is 0. The van der Waals surface area contributed by atoms with Gasteiger partial charge in [-0.15, -0.1) is 0 Å². The first-order chi connectivity index (χ1) is 9.95. The molecule has 5 nitrogen and oxygen atoms in total. The van der Waals surface area contributed by atoms with Crippen LogP contribution < -0.4 is 4.74 Å². The molecule has 0 radical (unpaired) electrons. The molecule has 1 aromatic heterocycles. The minimum atomic E-state index is -2.58. The lowest BCUT2D eigenvalue weighted by atomic mass is 10.2. The van der Waals surface area contributed by atoms with Crippen LogP contribution in [0, 0.1) is 0 Å². The maximum atomic E-state index is 12.4. The molecule has 0 bridgehead atoms. The zero-order chi connectivity index (χ0) is 15.4. The summed E-state index contributed by atoms with van der Waals surface area (Å²) in [5.74, 6) is -0.227. The molecule has 2 heterocycles. The maximum Gasteiger partial charge on any atom is 0.272 e. The van der Waals surface area contributed by atoms with Crippen LogP contribution in [0.5, 0.6) is 5.88 Å². The lowest BCUT2D eigenvalue weighted by Crippen LogP contribution is -2.48. The predicted molar refractivity (Wildman–Crippen MR) is 71.6 cm³/mol. The Morgan fingerprint density at radius 3 is 2.71 bits per heavy atom. The van der Waals surface area contributed by atoms with Crippen LogP contribution in [-0.4, -0.2) is 54.1 Å². The lowest BCUT2D eigenvalue weighted by molar-refractivity contribution is -0.0587. The molecule has 2 atom stereocenters. The van der Waals surface area contributed by atoms with Gasteiger partial charge in [0.25, 0.3) is 12.3 Å². The van der Waals surface area contributed by atoms with Gasteiger partial charge in [-0.3, -0.25) is 4.79 Å². The van der Waals surface area contributed by atoms with Gasteiger partial charge in [0, 0.05) is 19.2 Å². The summed E-state index contributed by atoms with van der Waals surface area (Å²) in [7, 11) is 0. The Morgan fingerprint density at radius 1 is 1.43 bits per heavy atom. The van der Waals surface area contributed by atoms with E-state index in [0.717, 1.165) is 0 Å². The summed E-state index contributed by atoms with van der Waals surface area (Å²) in [6.07, 6.45) is -2.67. The third-order valence-electron chi connectivity index (χ3n) is 3.01. The van der Waals surface area contributed by atoms with Crippen LogP contribution in [0.2, 0.25) is 0 Å². The maximum absolute atomic E-state index is 12.4. The van der Waals surface area contributed by atoms with Gasteiger partial charge in [0.2, 0.25) is 5.88 Å². The number of carbonyl (C=O) groups excluding carboxylic acids is 1. The summed E-state index contributed by atoms with van der Waals surface area (Å²) in [6.45, 7) is 4.01. The zero-order valence-corrected chi connectivity index (χ0v) is 12.0. The molecular formula is C14H18F2N2O3. The highest BCUT2D eigenvalue weighted by Gasteiger charge is 2.27. The minimum Gasteiger partial charge on any atom is -0.472 e. The molecule has 0 saturated carbocycles. The molecule has 0 N–H and O–H groups in total. The number of hydrogen-bond acceptors (Lipinski definition) is 4. The summed E-state index contributed by atoms with van der Waals surface area (Å²) in [5.41, 5.74) is 0.183. The van der Waals surface area contributed by atoms with E-state index in [1.807, 2.05) is 13.8 Å². The molecule has 0 spiro atoms. The van der Waals surface area contributed by atoms with Gasteiger partial charge in [-0.1, -0.05) is 6.07 Å². The van der Waals surface area contributed by atoms with Crippen molar-refractivity contribution in [2.75, 3.05) is 19.7 Å². The molecule has 0 aliphatic carbocycles. The number of amides is 1. The van der Waals surface area contributed by atoms with E-state index >= 15 is 0 Å². The number of morpholine rings is 1. The van der Waals surface area contributed by atoms with Crippen LogP contribution in [0.4, 0.5) is 8.78 Å². The van der Waals surface area contributed by atoms with Crippen LogP contribution in [0.1, 0.15) is 24.3 Å². The van der Waals surface area contributed by atoms with E-state index in [9.17, 15) is 13.6 Å². The summed E-state index contributed by atoms with van der Waals surface area (Å²) in [6, 6.07) is 4.56. The summed E-state index contributed by atoms with van der Waals surface area (Å²) in [4.78, 5) is 18.0. The van der Waals surface area contributed by atoms with Crippen molar-refractivity contribution in [1.82, 2.24) is 9.88 Å². The Balaban J connectivity index is 2.06. The second-order valence-electron chi connectivity index (χ2n) is 5.03. The number of nitrogens with zero attached hydrogens (tertiary/aromatic N) is 2. The molecular weight excluding hydrogens is 282 g/mol. The Labute approximate surface area is 121 Å². The number of alkyl halides is 2. The van der Waals surface area contributed by atoms with E-state index in [-0.39, 0.29) is 29.7 Å². The standard InChI is InChI=1S/C14H18F2N2O3/c1-9-6-18(7-10(2)21-9)14(19)11-4-3-5-13(17-11)20-8-12(15)16/h3-5,9-10,12H,6-8H2,1-2H3/t9-,10+. The number of halogens is 2. The van der Waals surface area contributed by atoms with Gasteiger partial charge in [0.15, 0.2) is 6.61 Å². The smallest absolute Gasteiger partial charge is 0.272 e. The highest BCUT2D eigenvalue weighted by molar-refractivity contribution is 5.92. The second-order valence-corrected chi connectivity index (χ2v) is 5.03. The highest BCUT2D eigenvalue weighted by Crippen LogP contribution is 2.15. The van der Waals surface area contributed by atoms with Gasteiger partial charge in [-0.25, -0.2) is 13.8 Å². The lowest BCUT2D eigenvalue weighted by Gasteiger charge is -2.35. The molecule has 21 heavy (non-hydrogen) atoms. The molecule has 1 aliphatic rings. The topological polar surface area (TPSA) is 51.7 Å². The van der Waals surface area contributed by atoms with Crippen molar-refractivity contribution in [3.8, 4) is 5.88 Å². The van der Waals surface area contributed by atoms with Crippen molar-refractivity contribution in [1.29, 1.82) is 0 Å². The van der Waals surface area contributed by atoms with E-state index in [1.54, 1.807) is 17.0 Å². The van der Waals surface area contributed by atoms with Crippen molar-refractivity contribution in [3.63, 3.8) is 0 Å². The van der Waals surface area contributed by atoms with Crippen molar-refractivity contribution in [2.24, 2.45) is 0 Å². The van der Waals surface area contributed by atoms with Crippen molar-refractivity contribution in [2.45, 2.75) is 32.5 Å². The van der Waals surface area contributed by atoms with Gasteiger partial charge in [-0.05, 0) is 19.9 Å². The molecule has 1 aliphatic heterocycles. The van der Waals surface area contributed by atoms with Crippen LogP contribution in [-0.2, 0) is 4.74 Å². The molecule has 2 rings (SSSR count). The number of hydrogen-bond donors (Lipinski definition) is 0. The largest absolute Gasteiger partial charge is 0.472 e. The minimum absolute atomic E-state index is 0.0236. The van der Waals surface area contributed by atoms with Crippen molar-refractivity contribution in [3.05, 3.63) is 23.9 Å². The van der Waals surface area contributed by atoms with E-state index in [0.29, 0.717) is 13.1 Å². The molecule has 1 amide bonds. The molecule has 7 heteroatoms. The second kappa shape index (κ2) is 6.80. The molecule has 116 valence electrons. The van der Waals surface area contributed by atoms with Crippen LogP contribution in [0.3, 0.4) is 0 Å². The monoisotopic (exact) mass is 300 g/mol. The Kier molecular flexibility index (Phi) is 5.06. The Morgan fingerprint density at radius 2 is 2.10 bits per heavy atom. The molecule has 0 unspecified atom stereocenters. The van der Waals surface area contributed by atoms with Crippen molar-refractivity contribution < 1.29 is 23.0 Å². The van der Waals surface area contributed by atoms with Gasteiger partial charge in [-0.2, -0.15) is 0 Å². The number of rotatable bonds is 4. The number of aromatic nitrogens is 1. The summed E-state index contributed by atoms with van der Waals surface area (Å²) < 4.78 is 34.6. The fraction of sp³-hybridized carbons (Fsp3) is 0.571. The van der Waals surface area contributed by atoms with Gasteiger partial charge in [0.1, 0.15) is 5.69 Å². The average Bonchev–Trinajstić information content (AvgIpc) is 2.43. The fourth-order valence-electron chi connectivity index (χ4n) is 2.27. The highest BCUT2D eigenvalue weighted by atomic mass is 19.3. The van der Waals surface area contributed by atoms with E-state index in [1.165, 1.54) is 6.07 Å².